The van der Waals surface area contributed by atoms with E-state index >= 15 is 0 Å². The normalized spacial score (nSPS) is 15.9. The maximum absolute atomic E-state index is 12.6. The molecule has 0 aromatic heterocycles. The van der Waals surface area contributed by atoms with Gasteiger partial charge in [-0.1, -0.05) is 6.07 Å². The summed E-state index contributed by atoms with van der Waals surface area (Å²) in [5.74, 6) is -1.45. The SMILES string of the molecule is [2H]C([2H])([2H])c1ccc(O)c(F)c1. The van der Waals surface area contributed by atoms with E-state index in [-0.39, 0.29) is 5.56 Å². The highest BCUT2D eigenvalue weighted by molar-refractivity contribution is 5.26. The Morgan fingerprint density at radius 1 is 1.67 bits per heavy atom. The van der Waals surface area contributed by atoms with Gasteiger partial charge in [0.05, 0.1) is 0 Å². The van der Waals surface area contributed by atoms with Crippen molar-refractivity contribution < 1.29 is 13.6 Å². The van der Waals surface area contributed by atoms with Gasteiger partial charge in [0.1, 0.15) is 0 Å². The van der Waals surface area contributed by atoms with Crippen molar-refractivity contribution in [3.63, 3.8) is 0 Å². The third-order valence-electron chi connectivity index (χ3n) is 0.948. The van der Waals surface area contributed by atoms with Gasteiger partial charge in [-0.05, 0) is 24.5 Å². The maximum Gasteiger partial charge on any atom is 0.165 e. The Morgan fingerprint density at radius 3 is 3.00 bits per heavy atom. The Morgan fingerprint density at radius 2 is 2.44 bits per heavy atom. The van der Waals surface area contributed by atoms with Gasteiger partial charge in [-0.15, -0.1) is 0 Å². The molecule has 0 aliphatic rings. The van der Waals surface area contributed by atoms with Crippen molar-refractivity contribution in [1.29, 1.82) is 0 Å². The molecule has 1 aromatic carbocycles. The first-order chi connectivity index (χ1) is 5.41. The van der Waals surface area contributed by atoms with Gasteiger partial charge in [-0.2, -0.15) is 0 Å². The van der Waals surface area contributed by atoms with E-state index in [0.29, 0.717) is 0 Å². The number of aromatic hydroxyl groups is 1. The monoisotopic (exact) mass is 129 g/mol. The van der Waals surface area contributed by atoms with Crippen LogP contribution >= 0.6 is 0 Å². The molecule has 1 N–H and O–H groups in total. The van der Waals surface area contributed by atoms with Gasteiger partial charge in [0.2, 0.25) is 0 Å². The largest absolute Gasteiger partial charge is 0.505 e. The molecule has 0 unspecified atom stereocenters. The Bertz CT molecular complexity index is 295. The van der Waals surface area contributed by atoms with E-state index in [2.05, 4.69) is 0 Å². The molecule has 0 amide bonds. The van der Waals surface area contributed by atoms with E-state index in [4.69, 9.17) is 9.22 Å². The van der Waals surface area contributed by atoms with Crippen LogP contribution in [-0.2, 0) is 0 Å². The standard InChI is InChI=1S/C7H7FO/c1-5-2-3-7(9)6(8)4-5/h2-4,9H,1H3/i1D3. The van der Waals surface area contributed by atoms with Crippen LogP contribution in [-0.4, -0.2) is 5.11 Å². The zero-order valence-electron chi connectivity index (χ0n) is 7.56. The predicted octanol–water partition coefficient (Wildman–Crippen LogP) is 1.84. The second kappa shape index (κ2) is 2.05. The molecule has 0 saturated carbocycles. The van der Waals surface area contributed by atoms with E-state index in [9.17, 15) is 4.39 Å². The minimum absolute atomic E-state index is 0.113. The van der Waals surface area contributed by atoms with Crippen molar-refractivity contribution in [1.82, 2.24) is 0 Å². The summed E-state index contributed by atoms with van der Waals surface area (Å²) in [4.78, 5) is 0. The van der Waals surface area contributed by atoms with Crippen LogP contribution in [0.15, 0.2) is 18.2 Å². The lowest BCUT2D eigenvalue weighted by molar-refractivity contribution is 0.432. The highest BCUT2D eigenvalue weighted by Crippen LogP contribution is 2.14. The molecule has 0 fully saturated rings. The van der Waals surface area contributed by atoms with Crippen LogP contribution in [0.25, 0.3) is 0 Å². The summed E-state index contributed by atoms with van der Waals surface area (Å²) in [6, 6.07) is 3.00. The molecule has 0 bridgehead atoms. The molecule has 0 spiro atoms. The number of hydrogen-bond donors (Lipinski definition) is 1. The van der Waals surface area contributed by atoms with Crippen LogP contribution in [0, 0.1) is 12.7 Å². The highest BCUT2D eigenvalue weighted by atomic mass is 19.1. The number of hydrogen-bond acceptors (Lipinski definition) is 1. The van der Waals surface area contributed by atoms with Crippen LogP contribution in [0.2, 0.25) is 0 Å². The van der Waals surface area contributed by atoms with Crippen molar-refractivity contribution in [2.45, 2.75) is 6.85 Å². The second-order valence-electron chi connectivity index (χ2n) is 1.67. The first-order valence-electron chi connectivity index (χ1n) is 3.90. The van der Waals surface area contributed by atoms with Crippen LogP contribution < -0.4 is 0 Å². The molecular formula is C7H7FO. The fourth-order valence-electron chi connectivity index (χ4n) is 0.507. The fourth-order valence-corrected chi connectivity index (χ4v) is 0.507. The van der Waals surface area contributed by atoms with Crippen LogP contribution in [0.4, 0.5) is 4.39 Å². The van der Waals surface area contributed by atoms with E-state index in [1.165, 1.54) is 6.07 Å². The fraction of sp³-hybridized carbons (Fsp3) is 0.143. The Balaban J connectivity index is 3.14. The first-order valence-corrected chi connectivity index (χ1v) is 2.40. The lowest BCUT2D eigenvalue weighted by atomic mass is 10.2. The smallest absolute Gasteiger partial charge is 0.165 e. The molecule has 1 nitrogen and oxygen atoms in total. The molecule has 0 heterocycles. The zero-order chi connectivity index (χ0) is 9.35. The van der Waals surface area contributed by atoms with Crippen LogP contribution in [0.5, 0.6) is 5.75 Å². The van der Waals surface area contributed by atoms with Gasteiger partial charge in [0.25, 0.3) is 0 Å². The Kier molecular flexibility index (Phi) is 0.730. The number of aryl methyl sites for hydroxylation is 1. The van der Waals surface area contributed by atoms with Gasteiger partial charge in [-0.25, -0.2) is 4.39 Å². The number of halogens is 1. The van der Waals surface area contributed by atoms with E-state index in [1.54, 1.807) is 0 Å². The van der Waals surface area contributed by atoms with E-state index in [1.807, 2.05) is 0 Å². The molecule has 0 aliphatic heterocycles. The Hall–Kier alpha value is -1.05. The summed E-state index contributed by atoms with van der Waals surface area (Å²) in [5.41, 5.74) is -0.113. The summed E-state index contributed by atoms with van der Waals surface area (Å²) in [6.07, 6.45) is 0. The van der Waals surface area contributed by atoms with Crippen molar-refractivity contribution in [2.75, 3.05) is 0 Å². The summed E-state index contributed by atoms with van der Waals surface area (Å²) in [6.45, 7) is -2.32. The average molecular weight is 129 g/mol. The lowest BCUT2D eigenvalue weighted by Gasteiger charge is -1.93. The van der Waals surface area contributed by atoms with Crippen LogP contribution in [0.3, 0.4) is 0 Å². The van der Waals surface area contributed by atoms with E-state index < -0.39 is 18.4 Å². The molecule has 1 aromatic rings. The van der Waals surface area contributed by atoms with Crippen molar-refractivity contribution in [2.24, 2.45) is 0 Å². The van der Waals surface area contributed by atoms with Gasteiger partial charge in [0, 0.05) is 4.11 Å². The first kappa shape index (κ1) is 3.20. The van der Waals surface area contributed by atoms with Gasteiger partial charge < -0.3 is 5.11 Å². The summed E-state index contributed by atoms with van der Waals surface area (Å²) < 4.78 is 33.4. The molecule has 0 aliphatic carbocycles. The molecule has 2 heteroatoms. The van der Waals surface area contributed by atoms with E-state index in [0.717, 1.165) is 12.1 Å². The van der Waals surface area contributed by atoms with Crippen molar-refractivity contribution >= 4 is 0 Å². The lowest BCUT2D eigenvalue weighted by Crippen LogP contribution is -1.76. The topological polar surface area (TPSA) is 20.2 Å². The quantitative estimate of drug-likeness (QED) is 0.566. The third kappa shape index (κ3) is 1.19. The van der Waals surface area contributed by atoms with Crippen molar-refractivity contribution in [3.8, 4) is 5.75 Å². The number of benzene rings is 1. The summed E-state index contributed by atoms with van der Waals surface area (Å²) >= 11 is 0. The predicted molar refractivity (Wildman–Crippen MR) is 32.8 cm³/mol. The summed E-state index contributed by atoms with van der Waals surface area (Å²) in [5, 5.41) is 8.75. The van der Waals surface area contributed by atoms with Gasteiger partial charge in [0.15, 0.2) is 11.6 Å². The maximum atomic E-state index is 12.6. The molecular weight excluding hydrogens is 119 g/mol. The molecule has 0 radical (unpaired) electrons. The minimum atomic E-state index is -2.32. The zero-order valence-corrected chi connectivity index (χ0v) is 4.56. The van der Waals surface area contributed by atoms with Gasteiger partial charge in [-0.3, -0.25) is 0 Å². The molecule has 9 heavy (non-hydrogen) atoms. The third-order valence-corrected chi connectivity index (χ3v) is 0.948. The van der Waals surface area contributed by atoms with Crippen molar-refractivity contribution in [3.05, 3.63) is 29.6 Å². The number of phenolic OH excluding ortho intramolecular Hbond substituents is 1. The molecule has 0 saturated heterocycles. The molecule has 48 valence electrons. The number of rotatable bonds is 0. The second-order valence-corrected chi connectivity index (χ2v) is 1.67. The van der Waals surface area contributed by atoms with Gasteiger partial charge >= 0.3 is 0 Å². The highest BCUT2D eigenvalue weighted by Gasteiger charge is 1.96. The number of phenols is 1. The van der Waals surface area contributed by atoms with Crippen LogP contribution in [0.1, 0.15) is 9.68 Å². The molecule has 1 rings (SSSR count). The average Bonchev–Trinajstić information content (AvgIpc) is 1.92. The molecule has 0 atom stereocenters. The minimum Gasteiger partial charge on any atom is -0.505 e. The summed E-state index contributed by atoms with van der Waals surface area (Å²) in [7, 11) is 0. The Labute approximate surface area is 57.0 Å².